The molecule has 0 bridgehead atoms. The molecule has 0 saturated carbocycles. The summed E-state index contributed by atoms with van der Waals surface area (Å²) in [5, 5.41) is 2.84. The van der Waals surface area contributed by atoms with Crippen molar-refractivity contribution in [1.29, 1.82) is 0 Å². The highest BCUT2D eigenvalue weighted by Gasteiger charge is 2.11. The zero-order chi connectivity index (χ0) is 15.2. The fourth-order valence-electron chi connectivity index (χ4n) is 2.07. The number of rotatable bonds is 5. The van der Waals surface area contributed by atoms with Crippen molar-refractivity contribution in [3.8, 4) is 5.75 Å². The van der Waals surface area contributed by atoms with Gasteiger partial charge in [-0.15, -0.1) is 0 Å². The Balaban J connectivity index is 1.92. The molecule has 1 atom stereocenters. The van der Waals surface area contributed by atoms with Gasteiger partial charge in [0.05, 0.1) is 7.11 Å². The summed E-state index contributed by atoms with van der Waals surface area (Å²) in [7, 11) is 1.60. The minimum atomic E-state index is -0.270. The van der Waals surface area contributed by atoms with Crippen molar-refractivity contribution in [2.24, 2.45) is 0 Å². The van der Waals surface area contributed by atoms with Gasteiger partial charge in [-0.1, -0.05) is 19.1 Å². The van der Waals surface area contributed by atoms with Gasteiger partial charge in [-0.3, -0.25) is 4.79 Å². The van der Waals surface area contributed by atoms with Crippen LogP contribution in [0.25, 0.3) is 0 Å². The summed E-state index contributed by atoms with van der Waals surface area (Å²) in [5.74, 6) is 0.433. The van der Waals surface area contributed by atoms with Crippen LogP contribution in [-0.2, 0) is 4.79 Å². The normalized spacial score (nSPS) is 11.8. The molecule has 0 saturated heterocycles. The molecule has 0 aromatic heterocycles. The van der Waals surface area contributed by atoms with E-state index in [2.05, 4.69) is 5.32 Å². The molecule has 0 fully saturated rings. The number of benzene rings is 2. The van der Waals surface area contributed by atoms with Gasteiger partial charge in [0.15, 0.2) is 0 Å². The van der Waals surface area contributed by atoms with E-state index in [1.165, 1.54) is 12.1 Å². The molecule has 4 heteroatoms. The first-order valence-corrected chi connectivity index (χ1v) is 6.78. The van der Waals surface area contributed by atoms with Crippen molar-refractivity contribution in [1.82, 2.24) is 0 Å². The van der Waals surface area contributed by atoms with Crippen LogP contribution in [0.5, 0.6) is 5.75 Å². The number of ether oxygens (including phenoxy) is 1. The van der Waals surface area contributed by atoms with Crippen LogP contribution < -0.4 is 10.1 Å². The molecule has 110 valence electrons. The Morgan fingerprint density at radius 2 is 1.76 bits per heavy atom. The van der Waals surface area contributed by atoms with Gasteiger partial charge >= 0.3 is 0 Å². The fourth-order valence-corrected chi connectivity index (χ4v) is 2.07. The third-order valence-corrected chi connectivity index (χ3v) is 3.30. The van der Waals surface area contributed by atoms with Gasteiger partial charge in [0.25, 0.3) is 0 Å². The fraction of sp³-hybridized carbons (Fsp3) is 0.235. The van der Waals surface area contributed by atoms with E-state index in [-0.39, 0.29) is 17.6 Å². The lowest BCUT2D eigenvalue weighted by Crippen LogP contribution is -2.14. The van der Waals surface area contributed by atoms with Crippen molar-refractivity contribution in [3.05, 3.63) is 59.9 Å². The van der Waals surface area contributed by atoms with Crippen molar-refractivity contribution in [2.45, 2.75) is 19.3 Å². The van der Waals surface area contributed by atoms with Crippen molar-refractivity contribution in [3.63, 3.8) is 0 Å². The zero-order valence-corrected chi connectivity index (χ0v) is 12.1. The predicted octanol–water partition coefficient (Wildman–Crippen LogP) is 3.97. The molecular formula is C17H18FNO2. The third-order valence-electron chi connectivity index (χ3n) is 3.30. The third kappa shape index (κ3) is 4.31. The molecule has 3 nitrogen and oxygen atoms in total. The van der Waals surface area contributed by atoms with Crippen molar-refractivity contribution >= 4 is 11.6 Å². The summed E-state index contributed by atoms with van der Waals surface area (Å²) < 4.78 is 17.9. The number of nitrogens with one attached hydrogen (secondary N) is 1. The Hall–Kier alpha value is -2.36. The molecule has 1 N–H and O–H groups in total. The Kier molecular flexibility index (Phi) is 4.93. The van der Waals surface area contributed by atoms with E-state index >= 15 is 0 Å². The molecule has 0 unspecified atom stereocenters. The Labute approximate surface area is 123 Å². The van der Waals surface area contributed by atoms with Crippen LogP contribution in [0, 0.1) is 5.82 Å². The number of hydrogen-bond donors (Lipinski definition) is 1. The molecule has 0 radical (unpaired) electrons. The first-order chi connectivity index (χ1) is 10.1. The van der Waals surface area contributed by atoms with E-state index in [0.717, 1.165) is 17.0 Å². The smallest absolute Gasteiger partial charge is 0.224 e. The second kappa shape index (κ2) is 6.88. The Morgan fingerprint density at radius 3 is 2.33 bits per heavy atom. The average molecular weight is 287 g/mol. The van der Waals surface area contributed by atoms with Gasteiger partial charge in [-0.05, 0) is 47.9 Å². The van der Waals surface area contributed by atoms with E-state index in [0.29, 0.717) is 6.42 Å². The van der Waals surface area contributed by atoms with E-state index in [1.807, 2.05) is 6.92 Å². The molecule has 2 rings (SSSR count). The van der Waals surface area contributed by atoms with E-state index in [1.54, 1.807) is 43.5 Å². The summed E-state index contributed by atoms with van der Waals surface area (Å²) in [6.07, 6.45) is 0.345. The SMILES string of the molecule is COc1ccc(NC(=O)C[C@H](C)c2ccc(F)cc2)cc1. The van der Waals surface area contributed by atoms with Gasteiger partial charge in [0.1, 0.15) is 11.6 Å². The standard InChI is InChI=1S/C17H18FNO2/c1-12(13-3-5-14(18)6-4-13)11-17(20)19-15-7-9-16(21-2)10-8-15/h3-10,12H,11H2,1-2H3,(H,19,20)/t12-/m0/s1. The highest BCUT2D eigenvalue weighted by atomic mass is 19.1. The number of methoxy groups -OCH3 is 1. The number of halogens is 1. The average Bonchev–Trinajstić information content (AvgIpc) is 2.48. The summed E-state index contributed by atoms with van der Waals surface area (Å²) in [5.41, 5.74) is 1.67. The number of carbonyl (C=O) groups is 1. The van der Waals surface area contributed by atoms with Crippen LogP contribution in [0.3, 0.4) is 0 Å². The molecule has 0 aliphatic carbocycles. The maximum atomic E-state index is 12.9. The maximum absolute atomic E-state index is 12.9. The number of amides is 1. The van der Waals surface area contributed by atoms with Crippen LogP contribution in [0.1, 0.15) is 24.8 Å². The highest BCUT2D eigenvalue weighted by Crippen LogP contribution is 2.21. The number of hydrogen-bond acceptors (Lipinski definition) is 2. The van der Waals surface area contributed by atoms with Crippen LogP contribution >= 0.6 is 0 Å². The van der Waals surface area contributed by atoms with Crippen molar-refractivity contribution < 1.29 is 13.9 Å². The first kappa shape index (κ1) is 15.0. The van der Waals surface area contributed by atoms with Gasteiger partial charge in [0.2, 0.25) is 5.91 Å². The number of carbonyl (C=O) groups excluding carboxylic acids is 1. The Bertz CT molecular complexity index is 593. The minimum absolute atomic E-state index is 0.0313. The summed E-state index contributed by atoms with van der Waals surface area (Å²) >= 11 is 0. The lowest BCUT2D eigenvalue weighted by atomic mass is 9.97. The predicted molar refractivity (Wildman–Crippen MR) is 81.1 cm³/mol. The molecule has 1 amide bonds. The topological polar surface area (TPSA) is 38.3 Å². The molecule has 21 heavy (non-hydrogen) atoms. The van der Waals surface area contributed by atoms with E-state index in [4.69, 9.17) is 4.74 Å². The second-order valence-electron chi connectivity index (χ2n) is 4.93. The monoisotopic (exact) mass is 287 g/mol. The largest absolute Gasteiger partial charge is 0.497 e. The second-order valence-corrected chi connectivity index (χ2v) is 4.93. The van der Waals surface area contributed by atoms with Gasteiger partial charge in [-0.25, -0.2) is 4.39 Å². The molecule has 0 aliphatic rings. The first-order valence-electron chi connectivity index (χ1n) is 6.78. The molecule has 2 aromatic carbocycles. The van der Waals surface area contributed by atoms with Crippen LogP contribution in [-0.4, -0.2) is 13.0 Å². The summed E-state index contributed by atoms with van der Waals surface area (Å²) in [6.45, 7) is 1.95. The highest BCUT2D eigenvalue weighted by molar-refractivity contribution is 5.91. The van der Waals surface area contributed by atoms with Gasteiger partial charge in [-0.2, -0.15) is 0 Å². The molecule has 2 aromatic rings. The maximum Gasteiger partial charge on any atom is 0.224 e. The van der Waals surface area contributed by atoms with E-state index < -0.39 is 0 Å². The van der Waals surface area contributed by atoms with Crippen LogP contribution in [0.15, 0.2) is 48.5 Å². The molecule has 0 heterocycles. The summed E-state index contributed by atoms with van der Waals surface area (Å²) in [6, 6.07) is 13.4. The quantitative estimate of drug-likeness (QED) is 0.903. The number of anilines is 1. The lowest BCUT2D eigenvalue weighted by Gasteiger charge is -2.12. The van der Waals surface area contributed by atoms with Gasteiger partial charge in [0, 0.05) is 12.1 Å². The lowest BCUT2D eigenvalue weighted by molar-refractivity contribution is -0.116. The zero-order valence-electron chi connectivity index (χ0n) is 12.1. The minimum Gasteiger partial charge on any atom is -0.497 e. The van der Waals surface area contributed by atoms with E-state index in [9.17, 15) is 9.18 Å². The molecule has 0 aliphatic heterocycles. The van der Waals surface area contributed by atoms with Crippen molar-refractivity contribution in [2.75, 3.05) is 12.4 Å². The molecule has 0 spiro atoms. The summed E-state index contributed by atoms with van der Waals surface area (Å²) in [4.78, 5) is 12.0. The van der Waals surface area contributed by atoms with Crippen LogP contribution in [0.2, 0.25) is 0 Å². The molecular weight excluding hydrogens is 269 g/mol. The van der Waals surface area contributed by atoms with Gasteiger partial charge < -0.3 is 10.1 Å². The van der Waals surface area contributed by atoms with Crippen LogP contribution in [0.4, 0.5) is 10.1 Å². The Morgan fingerprint density at radius 1 is 1.14 bits per heavy atom.